The summed E-state index contributed by atoms with van der Waals surface area (Å²) < 4.78 is 0. The number of nitrogens with zero attached hydrogens (tertiary/aromatic N) is 1. The van der Waals surface area contributed by atoms with Crippen LogP contribution in [0, 0.1) is 5.92 Å². The van der Waals surface area contributed by atoms with Crippen LogP contribution in [0.2, 0.25) is 0 Å². The van der Waals surface area contributed by atoms with E-state index < -0.39 is 0 Å². The predicted molar refractivity (Wildman–Crippen MR) is 88.4 cm³/mol. The first-order valence-corrected chi connectivity index (χ1v) is 8.11. The number of rotatable bonds is 5. The van der Waals surface area contributed by atoms with Crippen molar-refractivity contribution < 1.29 is 0 Å². The Morgan fingerprint density at radius 1 is 1.00 bits per heavy atom. The molecule has 20 heavy (non-hydrogen) atoms. The summed E-state index contributed by atoms with van der Waals surface area (Å²) in [5.41, 5.74) is 2.65. The van der Waals surface area contributed by atoms with Crippen LogP contribution in [0.1, 0.15) is 57.6 Å². The fourth-order valence-electron chi connectivity index (χ4n) is 3.32. The normalized spacial score (nSPS) is 19.6. The van der Waals surface area contributed by atoms with Gasteiger partial charge >= 0.3 is 0 Å². The maximum atomic E-state index is 3.80. The van der Waals surface area contributed by atoms with Crippen molar-refractivity contribution in [3.8, 4) is 0 Å². The van der Waals surface area contributed by atoms with Gasteiger partial charge in [0.15, 0.2) is 0 Å². The molecule has 0 heterocycles. The van der Waals surface area contributed by atoms with Crippen LogP contribution in [0.15, 0.2) is 24.3 Å². The summed E-state index contributed by atoms with van der Waals surface area (Å²) in [6, 6.07) is 9.97. The number of nitrogens with one attached hydrogen (secondary N) is 1. The number of benzene rings is 1. The lowest BCUT2D eigenvalue weighted by Crippen LogP contribution is -2.36. The molecule has 1 aliphatic carbocycles. The van der Waals surface area contributed by atoms with E-state index in [9.17, 15) is 0 Å². The van der Waals surface area contributed by atoms with Gasteiger partial charge in [0.2, 0.25) is 0 Å². The first-order valence-electron chi connectivity index (χ1n) is 8.11. The Balaban J connectivity index is 1.91. The fourth-order valence-corrected chi connectivity index (χ4v) is 3.32. The first kappa shape index (κ1) is 15.4. The van der Waals surface area contributed by atoms with E-state index in [2.05, 4.69) is 62.4 Å². The minimum atomic E-state index is 0.433. The molecule has 0 saturated heterocycles. The second-order valence-electron chi connectivity index (χ2n) is 6.56. The highest BCUT2D eigenvalue weighted by Crippen LogP contribution is 2.28. The molecule has 0 amide bonds. The maximum Gasteiger partial charge on any atom is 0.0361 e. The van der Waals surface area contributed by atoms with Crippen molar-refractivity contribution in [1.82, 2.24) is 5.32 Å². The molecule has 0 radical (unpaired) electrons. The van der Waals surface area contributed by atoms with Crippen LogP contribution in [0.25, 0.3) is 0 Å². The van der Waals surface area contributed by atoms with Crippen LogP contribution >= 0.6 is 0 Å². The second-order valence-corrected chi connectivity index (χ2v) is 6.56. The molecule has 0 aromatic heterocycles. The monoisotopic (exact) mass is 274 g/mol. The highest BCUT2D eigenvalue weighted by molar-refractivity contribution is 5.46. The average molecular weight is 274 g/mol. The largest absolute Gasteiger partial charge is 0.378 e. The lowest BCUT2D eigenvalue weighted by atomic mass is 9.84. The molecule has 2 rings (SSSR count). The van der Waals surface area contributed by atoms with Crippen molar-refractivity contribution in [2.75, 3.05) is 19.0 Å². The molecule has 1 aliphatic rings. The lowest BCUT2D eigenvalue weighted by Gasteiger charge is -2.31. The van der Waals surface area contributed by atoms with Crippen molar-refractivity contribution in [3.05, 3.63) is 29.8 Å². The van der Waals surface area contributed by atoms with E-state index in [0.29, 0.717) is 12.1 Å². The van der Waals surface area contributed by atoms with Gasteiger partial charge in [-0.05, 0) is 50.3 Å². The summed E-state index contributed by atoms with van der Waals surface area (Å²) in [7, 11) is 4.17. The maximum absolute atomic E-state index is 3.80. The van der Waals surface area contributed by atoms with Gasteiger partial charge in [-0.25, -0.2) is 0 Å². The third kappa shape index (κ3) is 3.99. The van der Waals surface area contributed by atoms with Crippen molar-refractivity contribution in [2.45, 2.75) is 58.0 Å². The zero-order valence-electron chi connectivity index (χ0n) is 13.5. The standard InChI is InChI=1S/C18H30N2/c1-14(16-8-6-5-7-9-16)19-15(2)17-10-12-18(13-11-17)20(3)4/h10-16,19H,5-9H2,1-4H3. The molecule has 2 atom stereocenters. The Kier molecular flexibility index (Phi) is 5.47. The summed E-state index contributed by atoms with van der Waals surface area (Å²) in [6.45, 7) is 4.64. The van der Waals surface area contributed by atoms with Crippen LogP contribution in [0.3, 0.4) is 0 Å². The van der Waals surface area contributed by atoms with Crippen molar-refractivity contribution in [3.63, 3.8) is 0 Å². The zero-order valence-corrected chi connectivity index (χ0v) is 13.5. The van der Waals surface area contributed by atoms with Gasteiger partial charge < -0.3 is 10.2 Å². The molecule has 112 valence electrons. The molecule has 0 bridgehead atoms. The first-order chi connectivity index (χ1) is 9.58. The number of anilines is 1. The third-order valence-corrected chi connectivity index (χ3v) is 4.78. The Labute approximate surface area is 124 Å². The van der Waals surface area contributed by atoms with E-state index in [4.69, 9.17) is 0 Å². The molecular weight excluding hydrogens is 244 g/mol. The molecule has 1 aromatic rings. The van der Waals surface area contributed by atoms with E-state index in [1.807, 2.05) is 0 Å². The van der Waals surface area contributed by atoms with Gasteiger partial charge in [0.25, 0.3) is 0 Å². The SMILES string of the molecule is CC(NC(C)C1CCCCC1)c1ccc(N(C)C)cc1. The molecular formula is C18H30N2. The van der Waals surface area contributed by atoms with Gasteiger partial charge in [-0.3, -0.25) is 0 Å². The minimum Gasteiger partial charge on any atom is -0.378 e. The smallest absolute Gasteiger partial charge is 0.0361 e. The summed E-state index contributed by atoms with van der Waals surface area (Å²) in [6.07, 6.45) is 7.08. The van der Waals surface area contributed by atoms with E-state index >= 15 is 0 Å². The Hall–Kier alpha value is -1.02. The fraction of sp³-hybridized carbons (Fsp3) is 0.667. The highest BCUT2D eigenvalue weighted by Gasteiger charge is 2.21. The number of hydrogen-bond acceptors (Lipinski definition) is 2. The van der Waals surface area contributed by atoms with Crippen LogP contribution in [0.4, 0.5) is 5.69 Å². The van der Waals surface area contributed by atoms with Gasteiger partial charge in [-0.2, -0.15) is 0 Å². The van der Waals surface area contributed by atoms with E-state index in [1.54, 1.807) is 0 Å². The molecule has 1 saturated carbocycles. The van der Waals surface area contributed by atoms with Gasteiger partial charge in [-0.15, -0.1) is 0 Å². The van der Waals surface area contributed by atoms with Crippen LogP contribution in [0.5, 0.6) is 0 Å². The predicted octanol–water partition coefficient (Wildman–Crippen LogP) is 4.37. The molecule has 2 unspecified atom stereocenters. The van der Waals surface area contributed by atoms with Gasteiger partial charge in [0.05, 0.1) is 0 Å². The van der Waals surface area contributed by atoms with Crippen molar-refractivity contribution >= 4 is 5.69 Å². The van der Waals surface area contributed by atoms with E-state index in [0.717, 1.165) is 5.92 Å². The summed E-state index contributed by atoms with van der Waals surface area (Å²) >= 11 is 0. The average Bonchev–Trinajstić information content (AvgIpc) is 2.48. The molecule has 1 N–H and O–H groups in total. The molecule has 0 spiro atoms. The summed E-state index contributed by atoms with van der Waals surface area (Å²) in [4.78, 5) is 2.15. The minimum absolute atomic E-state index is 0.433. The Bertz CT molecular complexity index is 390. The van der Waals surface area contributed by atoms with Crippen LogP contribution in [-0.4, -0.2) is 20.1 Å². The quantitative estimate of drug-likeness (QED) is 0.857. The topological polar surface area (TPSA) is 15.3 Å². The van der Waals surface area contributed by atoms with E-state index in [-0.39, 0.29) is 0 Å². The molecule has 0 aliphatic heterocycles. The van der Waals surface area contributed by atoms with Crippen molar-refractivity contribution in [1.29, 1.82) is 0 Å². The van der Waals surface area contributed by atoms with Crippen LogP contribution < -0.4 is 10.2 Å². The second kappa shape index (κ2) is 7.12. The highest BCUT2D eigenvalue weighted by atomic mass is 15.1. The Morgan fingerprint density at radius 3 is 2.15 bits per heavy atom. The third-order valence-electron chi connectivity index (χ3n) is 4.78. The van der Waals surface area contributed by atoms with Crippen molar-refractivity contribution in [2.24, 2.45) is 5.92 Å². The van der Waals surface area contributed by atoms with Crippen LogP contribution in [-0.2, 0) is 0 Å². The summed E-state index contributed by atoms with van der Waals surface area (Å²) in [5, 5.41) is 3.80. The summed E-state index contributed by atoms with van der Waals surface area (Å²) in [5.74, 6) is 0.868. The van der Waals surface area contributed by atoms with Gasteiger partial charge in [0, 0.05) is 31.9 Å². The molecule has 1 aromatic carbocycles. The van der Waals surface area contributed by atoms with Gasteiger partial charge in [-0.1, -0.05) is 31.4 Å². The zero-order chi connectivity index (χ0) is 14.5. The molecule has 1 fully saturated rings. The Morgan fingerprint density at radius 2 is 1.60 bits per heavy atom. The number of hydrogen-bond donors (Lipinski definition) is 1. The van der Waals surface area contributed by atoms with Gasteiger partial charge in [0.1, 0.15) is 0 Å². The van der Waals surface area contributed by atoms with E-state index in [1.165, 1.54) is 43.4 Å². The molecule has 2 heteroatoms. The molecule has 2 nitrogen and oxygen atoms in total. The lowest BCUT2D eigenvalue weighted by molar-refractivity contribution is 0.268.